The summed E-state index contributed by atoms with van der Waals surface area (Å²) in [5.41, 5.74) is 1.87. The van der Waals surface area contributed by atoms with Crippen LogP contribution in [0, 0.1) is 6.92 Å². The Balaban J connectivity index is 2.43. The topological polar surface area (TPSA) is 68.0 Å². The lowest BCUT2D eigenvalue weighted by Crippen LogP contribution is -2.07. The molecule has 2 rings (SSSR count). The fourth-order valence-electron chi connectivity index (χ4n) is 1.90. The molecule has 5 nitrogen and oxygen atoms in total. The molecule has 7 heteroatoms. The molecule has 2 aromatic rings. The van der Waals surface area contributed by atoms with E-state index >= 15 is 0 Å². The zero-order valence-electron chi connectivity index (χ0n) is 12.0. The van der Waals surface area contributed by atoms with Gasteiger partial charge in [0.1, 0.15) is 0 Å². The van der Waals surface area contributed by atoms with Crippen LogP contribution in [-0.2, 0) is 4.79 Å². The van der Waals surface area contributed by atoms with Gasteiger partial charge in [0.05, 0.1) is 5.75 Å². The number of aromatic nitrogens is 3. The molecular weight excluding hydrogens is 310 g/mol. The first kappa shape index (κ1) is 15.9. The van der Waals surface area contributed by atoms with Gasteiger partial charge in [0.25, 0.3) is 0 Å². The van der Waals surface area contributed by atoms with Gasteiger partial charge in [0, 0.05) is 16.6 Å². The van der Waals surface area contributed by atoms with Crippen molar-refractivity contribution in [2.24, 2.45) is 0 Å². The Morgan fingerprint density at radius 2 is 2.14 bits per heavy atom. The molecule has 0 spiro atoms. The minimum Gasteiger partial charge on any atom is -0.481 e. The number of carboxylic acid groups (broad SMARTS) is 1. The van der Waals surface area contributed by atoms with Gasteiger partial charge in [0.2, 0.25) is 0 Å². The maximum atomic E-state index is 10.7. The van der Waals surface area contributed by atoms with Crippen molar-refractivity contribution in [1.82, 2.24) is 14.8 Å². The number of halogens is 1. The van der Waals surface area contributed by atoms with Crippen molar-refractivity contribution < 1.29 is 9.90 Å². The minimum absolute atomic E-state index is 0.0422. The largest absolute Gasteiger partial charge is 0.481 e. The standard InChI is InChI=1S/C14H16ClN3O2S/c1-8(2)18-13(10-5-4-9(3)11(15)6-10)16-17-14(18)21-7-12(19)20/h4-6,8H,7H2,1-3H3,(H,19,20). The SMILES string of the molecule is Cc1ccc(-c2nnc(SCC(=O)O)n2C(C)C)cc1Cl. The van der Waals surface area contributed by atoms with Gasteiger partial charge >= 0.3 is 5.97 Å². The molecule has 0 unspecified atom stereocenters. The molecule has 0 radical (unpaired) electrons. The Hall–Kier alpha value is -1.53. The van der Waals surface area contributed by atoms with Gasteiger partial charge < -0.3 is 5.11 Å². The van der Waals surface area contributed by atoms with Crippen molar-refractivity contribution in [1.29, 1.82) is 0 Å². The second-order valence-electron chi connectivity index (χ2n) is 4.92. The number of aryl methyl sites for hydroxylation is 1. The fraction of sp³-hybridized carbons (Fsp3) is 0.357. The van der Waals surface area contributed by atoms with Crippen molar-refractivity contribution in [3.8, 4) is 11.4 Å². The van der Waals surface area contributed by atoms with E-state index in [2.05, 4.69) is 10.2 Å². The monoisotopic (exact) mass is 325 g/mol. The Morgan fingerprint density at radius 1 is 1.43 bits per heavy atom. The normalized spacial score (nSPS) is 11.1. The van der Waals surface area contributed by atoms with E-state index in [1.54, 1.807) is 0 Å². The number of carbonyl (C=O) groups is 1. The predicted octanol–water partition coefficient (Wildman–Crippen LogP) is 3.66. The molecule has 0 aliphatic carbocycles. The molecule has 1 N–H and O–H groups in total. The average Bonchev–Trinajstić information content (AvgIpc) is 2.83. The summed E-state index contributed by atoms with van der Waals surface area (Å²) in [6.45, 7) is 5.95. The summed E-state index contributed by atoms with van der Waals surface area (Å²) in [5, 5.41) is 18.4. The average molecular weight is 326 g/mol. The van der Waals surface area contributed by atoms with Crippen molar-refractivity contribution in [2.75, 3.05) is 5.75 Å². The molecule has 0 saturated carbocycles. The zero-order chi connectivity index (χ0) is 15.6. The summed E-state index contributed by atoms with van der Waals surface area (Å²) in [7, 11) is 0. The van der Waals surface area contributed by atoms with E-state index in [4.69, 9.17) is 16.7 Å². The van der Waals surface area contributed by atoms with Gasteiger partial charge in [-0.25, -0.2) is 0 Å². The van der Waals surface area contributed by atoms with Crippen LogP contribution in [0.25, 0.3) is 11.4 Å². The molecule has 0 saturated heterocycles. The van der Waals surface area contributed by atoms with Gasteiger partial charge in [-0.05, 0) is 32.4 Å². The predicted molar refractivity (Wildman–Crippen MR) is 83.9 cm³/mol. The molecule has 1 aromatic heterocycles. The van der Waals surface area contributed by atoms with E-state index in [1.807, 2.05) is 43.5 Å². The lowest BCUT2D eigenvalue weighted by molar-refractivity contribution is -0.133. The molecule has 0 fully saturated rings. The van der Waals surface area contributed by atoms with E-state index in [1.165, 1.54) is 0 Å². The molecule has 0 atom stereocenters. The number of rotatable bonds is 5. The van der Waals surface area contributed by atoms with E-state index < -0.39 is 5.97 Å². The van der Waals surface area contributed by atoms with Gasteiger partial charge in [-0.3, -0.25) is 9.36 Å². The Labute approximate surface area is 132 Å². The minimum atomic E-state index is -0.877. The summed E-state index contributed by atoms with van der Waals surface area (Å²) in [4.78, 5) is 10.7. The summed E-state index contributed by atoms with van der Waals surface area (Å²) in [6.07, 6.45) is 0. The number of hydrogen-bond acceptors (Lipinski definition) is 4. The van der Waals surface area contributed by atoms with E-state index in [9.17, 15) is 4.79 Å². The summed E-state index contributed by atoms with van der Waals surface area (Å²) < 4.78 is 1.93. The van der Waals surface area contributed by atoms with Crippen LogP contribution in [0.5, 0.6) is 0 Å². The second-order valence-corrected chi connectivity index (χ2v) is 6.27. The first-order valence-electron chi connectivity index (χ1n) is 6.46. The van der Waals surface area contributed by atoms with Crippen LogP contribution in [0.4, 0.5) is 0 Å². The van der Waals surface area contributed by atoms with Crippen LogP contribution in [0.1, 0.15) is 25.5 Å². The molecule has 0 amide bonds. The molecule has 0 bridgehead atoms. The Bertz CT molecular complexity index is 670. The van der Waals surface area contributed by atoms with E-state index in [-0.39, 0.29) is 11.8 Å². The maximum absolute atomic E-state index is 10.7. The van der Waals surface area contributed by atoms with Gasteiger partial charge in [-0.2, -0.15) is 0 Å². The highest BCUT2D eigenvalue weighted by Crippen LogP contribution is 2.29. The van der Waals surface area contributed by atoms with Crippen LogP contribution in [0.3, 0.4) is 0 Å². The highest BCUT2D eigenvalue weighted by atomic mass is 35.5. The van der Waals surface area contributed by atoms with E-state index in [0.29, 0.717) is 16.0 Å². The second kappa shape index (κ2) is 6.49. The van der Waals surface area contributed by atoms with Crippen LogP contribution in [-0.4, -0.2) is 31.6 Å². The van der Waals surface area contributed by atoms with Crippen LogP contribution < -0.4 is 0 Å². The van der Waals surface area contributed by atoms with Crippen LogP contribution >= 0.6 is 23.4 Å². The number of nitrogens with zero attached hydrogens (tertiary/aromatic N) is 3. The third-order valence-electron chi connectivity index (χ3n) is 2.94. The number of benzene rings is 1. The summed E-state index contributed by atoms with van der Waals surface area (Å²) in [5.74, 6) is -0.225. The fourth-order valence-corrected chi connectivity index (χ4v) is 2.86. The summed E-state index contributed by atoms with van der Waals surface area (Å²) >= 11 is 7.33. The summed E-state index contributed by atoms with van der Waals surface area (Å²) in [6, 6.07) is 5.84. The van der Waals surface area contributed by atoms with Crippen molar-refractivity contribution >= 4 is 29.3 Å². The number of carboxylic acids is 1. The zero-order valence-corrected chi connectivity index (χ0v) is 13.6. The van der Waals surface area contributed by atoms with E-state index in [0.717, 1.165) is 22.9 Å². The lowest BCUT2D eigenvalue weighted by atomic mass is 10.1. The third-order valence-corrected chi connectivity index (χ3v) is 4.27. The lowest BCUT2D eigenvalue weighted by Gasteiger charge is -2.13. The third kappa shape index (κ3) is 3.57. The maximum Gasteiger partial charge on any atom is 0.313 e. The molecular formula is C14H16ClN3O2S. The number of aliphatic carboxylic acids is 1. The van der Waals surface area contributed by atoms with Crippen molar-refractivity contribution in [2.45, 2.75) is 32.0 Å². The van der Waals surface area contributed by atoms with Gasteiger partial charge in [-0.1, -0.05) is 35.5 Å². The molecule has 112 valence electrons. The molecule has 1 aromatic carbocycles. The highest BCUT2D eigenvalue weighted by molar-refractivity contribution is 7.99. The van der Waals surface area contributed by atoms with Gasteiger partial charge in [-0.15, -0.1) is 10.2 Å². The first-order valence-corrected chi connectivity index (χ1v) is 7.82. The van der Waals surface area contributed by atoms with Crippen molar-refractivity contribution in [3.05, 3.63) is 28.8 Å². The molecule has 1 heterocycles. The number of thioether (sulfide) groups is 1. The smallest absolute Gasteiger partial charge is 0.313 e. The van der Waals surface area contributed by atoms with Gasteiger partial charge in [0.15, 0.2) is 11.0 Å². The highest BCUT2D eigenvalue weighted by Gasteiger charge is 2.18. The molecule has 0 aliphatic heterocycles. The molecule has 0 aliphatic rings. The first-order chi connectivity index (χ1) is 9.90. The quantitative estimate of drug-likeness (QED) is 0.849. The Morgan fingerprint density at radius 3 is 2.71 bits per heavy atom. The van der Waals surface area contributed by atoms with Crippen LogP contribution in [0.15, 0.2) is 23.4 Å². The van der Waals surface area contributed by atoms with Crippen molar-refractivity contribution in [3.63, 3.8) is 0 Å². The Kier molecular flexibility index (Phi) is 4.90. The molecule has 21 heavy (non-hydrogen) atoms. The number of hydrogen-bond donors (Lipinski definition) is 1. The van der Waals surface area contributed by atoms with Crippen LogP contribution in [0.2, 0.25) is 5.02 Å².